The number of nitrogens with zero attached hydrogens (tertiary/aromatic N) is 1. The molecule has 3 rings (SSSR count). The van der Waals surface area contributed by atoms with Gasteiger partial charge >= 0.3 is 0 Å². The van der Waals surface area contributed by atoms with E-state index >= 15 is 0 Å². The van der Waals surface area contributed by atoms with Crippen LogP contribution in [-0.4, -0.2) is 4.98 Å². The summed E-state index contributed by atoms with van der Waals surface area (Å²) >= 11 is 0. The number of nitrogens with one attached hydrogen (secondary N) is 1. The average molecular weight is 291 g/mol. The molecule has 0 aliphatic heterocycles. The number of benzene rings is 2. The number of nitrogen functional groups attached to an aromatic ring is 1. The molecule has 22 heavy (non-hydrogen) atoms. The number of aryl methyl sites for hydroxylation is 1. The molecule has 3 aromatic rings. The summed E-state index contributed by atoms with van der Waals surface area (Å²) in [5.41, 5.74) is 8.40. The predicted octanol–water partition coefficient (Wildman–Crippen LogP) is 4.51. The van der Waals surface area contributed by atoms with Gasteiger partial charge in [0.2, 0.25) is 0 Å². The Morgan fingerprint density at radius 1 is 0.955 bits per heavy atom. The molecule has 0 amide bonds. The van der Waals surface area contributed by atoms with Crippen molar-refractivity contribution in [1.82, 2.24) is 4.98 Å². The summed E-state index contributed by atoms with van der Waals surface area (Å²) in [6.45, 7) is 1.96. The van der Waals surface area contributed by atoms with Crippen molar-refractivity contribution in [2.45, 2.75) is 6.92 Å². The summed E-state index contributed by atoms with van der Waals surface area (Å²) in [5, 5.41) is 3.24. The summed E-state index contributed by atoms with van der Waals surface area (Å²) < 4.78 is 5.76. The first kappa shape index (κ1) is 13.9. The van der Waals surface area contributed by atoms with E-state index < -0.39 is 0 Å². The zero-order valence-corrected chi connectivity index (χ0v) is 12.3. The highest BCUT2D eigenvalue weighted by atomic mass is 16.5. The first-order valence-corrected chi connectivity index (χ1v) is 7.03. The zero-order chi connectivity index (χ0) is 15.4. The van der Waals surface area contributed by atoms with E-state index in [2.05, 4.69) is 10.3 Å². The second-order valence-corrected chi connectivity index (χ2v) is 4.99. The molecule has 0 saturated heterocycles. The third kappa shape index (κ3) is 3.35. The molecule has 0 bridgehead atoms. The van der Waals surface area contributed by atoms with Crippen LogP contribution in [0.4, 0.5) is 17.2 Å². The fraction of sp³-hybridized carbons (Fsp3) is 0.0556. The molecule has 0 saturated carbocycles. The van der Waals surface area contributed by atoms with Crippen LogP contribution in [-0.2, 0) is 0 Å². The quantitative estimate of drug-likeness (QED) is 0.742. The topological polar surface area (TPSA) is 60.2 Å². The van der Waals surface area contributed by atoms with E-state index in [1.54, 1.807) is 6.20 Å². The van der Waals surface area contributed by atoms with Gasteiger partial charge in [-0.2, -0.15) is 0 Å². The van der Waals surface area contributed by atoms with Crippen LogP contribution in [0.15, 0.2) is 66.9 Å². The highest BCUT2D eigenvalue weighted by Crippen LogP contribution is 2.24. The first-order valence-electron chi connectivity index (χ1n) is 7.03. The van der Waals surface area contributed by atoms with Crippen molar-refractivity contribution in [2.24, 2.45) is 0 Å². The standard InChI is InChI=1S/C18H17N3O/c1-13-11-18(20-12-17(13)19)21-14-7-9-16(10-8-14)22-15-5-3-2-4-6-15/h2-12H,19H2,1H3,(H,20,21). The number of anilines is 3. The van der Waals surface area contributed by atoms with Crippen molar-refractivity contribution in [3.05, 3.63) is 72.4 Å². The van der Waals surface area contributed by atoms with Crippen LogP contribution in [0.2, 0.25) is 0 Å². The van der Waals surface area contributed by atoms with Crippen LogP contribution in [0, 0.1) is 6.92 Å². The van der Waals surface area contributed by atoms with Crippen LogP contribution >= 0.6 is 0 Å². The third-order valence-corrected chi connectivity index (χ3v) is 3.26. The fourth-order valence-corrected chi connectivity index (χ4v) is 2.01. The van der Waals surface area contributed by atoms with E-state index in [4.69, 9.17) is 10.5 Å². The predicted molar refractivity (Wildman–Crippen MR) is 89.6 cm³/mol. The largest absolute Gasteiger partial charge is 0.457 e. The van der Waals surface area contributed by atoms with Crippen LogP contribution in [0.25, 0.3) is 0 Å². The SMILES string of the molecule is Cc1cc(Nc2ccc(Oc3ccccc3)cc2)ncc1N. The highest BCUT2D eigenvalue weighted by molar-refractivity contribution is 5.60. The molecule has 0 fully saturated rings. The van der Waals surface area contributed by atoms with Crippen molar-refractivity contribution in [3.63, 3.8) is 0 Å². The zero-order valence-electron chi connectivity index (χ0n) is 12.3. The number of para-hydroxylation sites is 1. The molecule has 1 aromatic heterocycles. The van der Waals surface area contributed by atoms with Gasteiger partial charge < -0.3 is 15.8 Å². The Morgan fingerprint density at radius 3 is 2.32 bits per heavy atom. The molecular weight excluding hydrogens is 274 g/mol. The highest BCUT2D eigenvalue weighted by Gasteiger charge is 2.01. The number of ether oxygens (including phenoxy) is 1. The second-order valence-electron chi connectivity index (χ2n) is 4.99. The van der Waals surface area contributed by atoms with Gasteiger partial charge in [-0.1, -0.05) is 18.2 Å². The monoisotopic (exact) mass is 291 g/mol. The molecule has 2 aromatic carbocycles. The van der Waals surface area contributed by atoms with Crippen LogP contribution in [0.5, 0.6) is 11.5 Å². The van der Waals surface area contributed by atoms with Gasteiger partial charge in [0.05, 0.1) is 11.9 Å². The minimum Gasteiger partial charge on any atom is -0.457 e. The Labute approximate surface area is 129 Å². The average Bonchev–Trinajstić information content (AvgIpc) is 2.54. The molecule has 3 N–H and O–H groups in total. The molecule has 0 radical (unpaired) electrons. The maximum absolute atomic E-state index is 5.77. The molecule has 4 nitrogen and oxygen atoms in total. The molecule has 0 aliphatic carbocycles. The third-order valence-electron chi connectivity index (χ3n) is 3.26. The Bertz CT molecular complexity index is 755. The molecule has 0 atom stereocenters. The van der Waals surface area contributed by atoms with E-state index in [0.717, 1.165) is 28.6 Å². The van der Waals surface area contributed by atoms with E-state index in [0.29, 0.717) is 5.69 Å². The number of rotatable bonds is 4. The molecule has 110 valence electrons. The molecular formula is C18H17N3O. The fourth-order valence-electron chi connectivity index (χ4n) is 2.01. The van der Waals surface area contributed by atoms with Crippen LogP contribution < -0.4 is 15.8 Å². The minimum absolute atomic E-state index is 0.692. The van der Waals surface area contributed by atoms with E-state index in [-0.39, 0.29) is 0 Å². The van der Waals surface area contributed by atoms with Gasteiger partial charge in [-0.25, -0.2) is 4.98 Å². The van der Waals surface area contributed by atoms with Gasteiger partial charge in [-0.15, -0.1) is 0 Å². The molecule has 0 unspecified atom stereocenters. The summed E-state index contributed by atoms with van der Waals surface area (Å²) in [5.74, 6) is 2.38. The Kier molecular flexibility index (Phi) is 3.92. The summed E-state index contributed by atoms with van der Waals surface area (Å²) in [6.07, 6.45) is 1.66. The lowest BCUT2D eigenvalue weighted by molar-refractivity contribution is 0.483. The second kappa shape index (κ2) is 6.18. The number of hydrogen-bond acceptors (Lipinski definition) is 4. The molecule has 1 heterocycles. The van der Waals surface area contributed by atoms with Crippen molar-refractivity contribution >= 4 is 17.2 Å². The number of pyridine rings is 1. The van der Waals surface area contributed by atoms with Gasteiger partial charge in [-0.05, 0) is 55.0 Å². The van der Waals surface area contributed by atoms with Crippen molar-refractivity contribution in [1.29, 1.82) is 0 Å². The van der Waals surface area contributed by atoms with Crippen molar-refractivity contribution in [2.75, 3.05) is 11.1 Å². The van der Waals surface area contributed by atoms with Gasteiger partial charge in [-0.3, -0.25) is 0 Å². The maximum atomic E-state index is 5.77. The van der Waals surface area contributed by atoms with Crippen LogP contribution in [0.3, 0.4) is 0 Å². The lowest BCUT2D eigenvalue weighted by atomic mass is 10.2. The Hall–Kier alpha value is -3.01. The maximum Gasteiger partial charge on any atom is 0.130 e. The smallest absolute Gasteiger partial charge is 0.130 e. The molecule has 0 aliphatic rings. The van der Waals surface area contributed by atoms with Crippen molar-refractivity contribution in [3.8, 4) is 11.5 Å². The van der Waals surface area contributed by atoms with E-state index in [1.807, 2.05) is 67.6 Å². The van der Waals surface area contributed by atoms with Gasteiger partial charge in [0, 0.05) is 5.69 Å². The van der Waals surface area contributed by atoms with E-state index in [1.165, 1.54) is 0 Å². The van der Waals surface area contributed by atoms with Gasteiger partial charge in [0.1, 0.15) is 17.3 Å². The number of hydrogen-bond donors (Lipinski definition) is 2. The lowest BCUT2D eigenvalue weighted by Crippen LogP contribution is -1.97. The molecule has 0 spiro atoms. The van der Waals surface area contributed by atoms with E-state index in [9.17, 15) is 0 Å². The minimum atomic E-state index is 0.692. The number of nitrogens with two attached hydrogens (primary N) is 1. The lowest BCUT2D eigenvalue weighted by Gasteiger charge is -2.09. The normalized spacial score (nSPS) is 10.2. The summed E-state index contributed by atoms with van der Waals surface area (Å²) in [6, 6.07) is 19.3. The first-order chi connectivity index (χ1) is 10.7. The number of aromatic nitrogens is 1. The van der Waals surface area contributed by atoms with Crippen molar-refractivity contribution < 1.29 is 4.74 Å². The molecule has 4 heteroatoms. The summed E-state index contributed by atoms with van der Waals surface area (Å²) in [7, 11) is 0. The Balaban J connectivity index is 1.70. The van der Waals surface area contributed by atoms with Crippen LogP contribution in [0.1, 0.15) is 5.56 Å². The van der Waals surface area contributed by atoms with Gasteiger partial charge in [0.25, 0.3) is 0 Å². The Morgan fingerprint density at radius 2 is 1.64 bits per heavy atom. The van der Waals surface area contributed by atoms with Gasteiger partial charge in [0.15, 0.2) is 0 Å². The summed E-state index contributed by atoms with van der Waals surface area (Å²) in [4.78, 5) is 4.26.